The number of carbonyl (C=O) groups excluding carboxylic acids is 1. The molecule has 0 heterocycles. The van der Waals surface area contributed by atoms with Gasteiger partial charge in [-0.05, 0) is 56.2 Å². The summed E-state index contributed by atoms with van der Waals surface area (Å²) in [4.78, 5) is 13.1. The normalized spacial score (nSPS) is 19.3. The Bertz CT molecular complexity index is 799. The molecule has 1 unspecified atom stereocenters. The number of rotatable bonds is 4. The molecule has 0 bridgehead atoms. The molecule has 2 aliphatic rings. The summed E-state index contributed by atoms with van der Waals surface area (Å²) in [5, 5.41) is 2.36. The topological polar surface area (TPSA) is 29.1 Å². The summed E-state index contributed by atoms with van der Waals surface area (Å²) in [5.41, 5.74) is -2.49. The van der Waals surface area contributed by atoms with Gasteiger partial charge in [0.05, 0.1) is 17.0 Å². The van der Waals surface area contributed by atoms with Crippen molar-refractivity contribution in [3.63, 3.8) is 0 Å². The molecule has 8 heteroatoms. The molecule has 1 saturated carbocycles. The third-order valence-electron chi connectivity index (χ3n) is 5.67. The van der Waals surface area contributed by atoms with Crippen LogP contribution in [-0.4, -0.2) is 5.91 Å². The largest absolute Gasteiger partial charge is 0.416 e. The van der Waals surface area contributed by atoms with E-state index in [-0.39, 0.29) is 12.0 Å². The van der Waals surface area contributed by atoms with Crippen molar-refractivity contribution in [1.29, 1.82) is 0 Å². The second-order valence-corrected chi connectivity index (χ2v) is 7.84. The van der Waals surface area contributed by atoms with Crippen molar-refractivity contribution in [1.82, 2.24) is 0 Å². The molecular formula is C22H23F6NO. The van der Waals surface area contributed by atoms with Gasteiger partial charge in [0.15, 0.2) is 0 Å². The number of hydrogen-bond acceptors (Lipinski definition) is 1. The van der Waals surface area contributed by atoms with E-state index in [4.69, 9.17) is 0 Å². The molecule has 164 valence electrons. The summed E-state index contributed by atoms with van der Waals surface area (Å²) < 4.78 is 78.7. The Kier molecular flexibility index (Phi) is 6.62. The van der Waals surface area contributed by atoms with Crippen LogP contribution in [0.4, 0.5) is 32.0 Å². The van der Waals surface area contributed by atoms with Crippen LogP contribution in [-0.2, 0) is 17.1 Å². The van der Waals surface area contributed by atoms with E-state index in [1.165, 1.54) is 0 Å². The average Bonchev–Trinajstić information content (AvgIpc) is 3.03. The fourth-order valence-corrected chi connectivity index (χ4v) is 4.26. The van der Waals surface area contributed by atoms with Gasteiger partial charge in [0.2, 0.25) is 5.91 Å². The first-order valence-electron chi connectivity index (χ1n) is 10.00. The molecule has 0 saturated heterocycles. The number of halogens is 6. The molecular weight excluding hydrogens is 408 g/mol. The second kappa shape index (κ2) is 8.86. The van der Waals surface area contributed by atoms with Gasteiger partial charge < -0.3 is 5.32 Å². The molecule has 1 aromatic carbocycles. The smallest absolute Gasteiger partial charge is 0.326 e. The van der Waals surface area contributed by atoms with Gasteiger partial charge in [0.25, 0.3) is 0 Å². The molecule has 1 N–H and O–H groups in total. The van der Waals surface area contributed by atoms with Crippen molar-refractivity contribution in [2.24, 2.45) is 11.8 Å². The second-order valence-electron chi connectivity index (χ2n) is 7.84. The Morgan fingerprint density at radius 2 is 1.50 bits per heavy atom. The summed E-state index contributed by atoms with van der Waals surface area (Å²) in [6, 6.07) is 1.17. The Balaban J connectivity index is 1.93. The SMILES string of the molecule is O=C(Nc1cc(C(F)(F)F)cc(C(F)(F)F)c1)C(C1=CCCC=CC1)C1CCCC1. The maximum atomic E-state index is 13.1. The highest BCUT2D eigenvalue weighted by atomic mass is 19.4. The molecule has 2 nitrogen and oxygen atoms in total. The minimum Gasteiger partial charge on any atom is -0.326 e. The van der Waals surface area contributed by atoms with E-state index in [0.29, 0.717) is 18.6 Å². The first kappa shape index (κ1) is 22.4. The third-order valence-corrected chi connectivity index (χ3v) is 5.67. The summed E-state index contributed by atoms with van der Waals surface area (Å²) in [7, 11) is 0. The van der Waals surface area contributed by atoms with Gasteiger partial charge in [-0.2, -0.15) is 26.3 Å². The maximum absolute atomic E-state index is 13.1. The van der Waals surface area contributed by atoms with Crippen LogP contribution >= 0.6 is 0 Å². The van der Waals surface area contributed by atoms with Gasteiger partial charge >= 0.3 is 12.4 Å². The third kappa shape index (κ3) is 5.46. The van der Waals surface area contributed by atoms with Gasteiger partial charge in [0.1, 0.15) is 0 Å². The van der Waals surface area contributed by atoms with E-state index in [0.717, 1.165) is 44.1 Å². The zero-order valence-electron chi connectivity index (χ0n) is 16.2. The van der Waals surface area contributed by atoms with Crippen molar-refractivity contribution < 1.29 is 31.1 Å². The maximum Gasteiger partial charge on any atom is 0.416 e. The Morgan fingerprint density at radius 3 is 2.07 bits per heavy atom. The van der Waals surface area contributed by atoms with Gasteiger partial charge in [-0.15, -0.1) is 0 Å². The number of alkyl halides is 6. The molecule has 1 aromatic rings. The zero-order chi connectivity index (χ0) is 21.9. The van der Waals surface area contributed by atoms with Crippen LogP contribution in [0.3, 0.4) is 0 Å². The summed E-state index contributed by atoms with van der Waals surface area (Å²) in [6.45, 7) is 0. The van der Waals surface area contributed by atoms with Gasteiger partial charge in [-0.3, -0.25) is 4.79 Å². The fraction of sp³-hybridized carbons (Fsp3) is 0.500. The van der Waals surface area contributed by atoms with E-state index in [9.17, 15) is 31.1 Å². The Labute approximate surface area is 171 Å². The van der Waals surface area contributed by atoms with E-state index in [1.54, 1.807) is 0 Å². The number of allylic oxidation sites excluding steroid dienone is 3. The quantitative estimate of drug-likeness (QED) is 0.399. The van der Waals surface area contributed by atoms with Crippen molar-refractivity contribution in [3.8, 4) is 0 Å². The molecule has 1 amide bonds. The Hall–Kier alpha value is -2.25. The van der Waals surface area contributed by atoms with Crippen LogP contribution in [0.25, 0.3) is 0 Å². The average molecular weight is 431 g/mol. The number of carbonyl (C=O) groups is 1. The van der Waals surface area contributed by atoms with Crippen LogP contribution in [0, 0.1) is 11.8 Å². The monoisotopic (exact) mass is 431 g/mol. The lowest BCUT2D eigenvalue weighted by molar-refractivity contribution is -0.143. The van der Waals surface area contributed by atoms with E-state index in [2.05, 4.69) is 5.32 Å². The minimum absolute atomic E-state index is 0.0376. The van der Waals surface area contributed by atoms with Gasteiger partial charge in [-0.25, -0.2) is 0 Å². The van der Waals surface area contributed by atoms with Crippen molar-refractivity contribution >= 4 is 11.6 Å². The highest BCUT2D eigenvalue weighted by molar-refractivity contribution is 5.95. The molecule has 0 spiro atoms. The van der Waals surface area contributed by atoms with E-state index in [1.807, 2.05) is 18.2 Å². The lowest BCUT2D eigenvalue weighted by atomic mass is 9.82. The van der Waals surface area contributed by atoms with Crippen LogP contribution < -0.4 is 5.32 Å². The van der Waals surface area contributed by atoms with Crippen molar-refractivity contribution in [2.75, 3.05) is 5.32 Å². The number of nitrogens with one attached hydrogen (secondary N) is 1. The number of anilines is 1. The molecule has 30 heavy (non-hydrogen) atoms. The first-order chi connectivity index (χ1) is 14.1. The van der Waals surface area contributed by atoms with Crippen molar-refractivity contribution in [2.45, 2.75) is 57.3 Å². The standard InChI is InChI=1S/C22H23F6NO/c23-21(24,25)16-11-17(22(26,27)28)13-18(12-16)29-20(30)19(15-9-5-6-10-15)14-7-3-1-2-4-8-14/h1,3,8,11-13,15,19H,2,4-7,9-10H2,(H,29,30). The van der Waals surface area contributed by atoms with Gasteiger partial charge in [0, 0.05) is 5.69 Å². The molecule has 1 atom stereocenters. The lowest BCUT2D eigenvalue weighted by Gasteiger charge is -2.25. The summed E-state index contributed by atoms with van der Waals surface area (Å²) in [6.07, 6.45) is 1.73. The molecule has 0 aromatic heterocycles. The zero-order valence-corrected chi connectivity index (χ0v) is 16.2. The minimum atomic E-state index is -4.96. The highest BCUT2D eigenvalue weighted by Crippen LogP contribution is 2.40. The van der Waals surface area contributed by atoms with Crippen LogP contribution in [0.1, 0.15) is 56.1 Å². The first-order valence-corrected chi connectivity index (χ1v) is 10.00. The highest BCUT2D eigenvalue weighted by Gasteiger charge is 2.38. The number of hydrogen-bond donors (Lipinski definition) is 1. The van der Waals surface area contributed by atoms with Gasteiger partial charge in [-0.1, -0.05) is 36.6 Å². The fourth-order valence-electron chi connectivity index (χ4n) is 4.26. The predicted molar refractivity (Wildman–Crippen MR) is 102 cm³/mol. The lowest BCUT2D eigenvalue weighted by Crippen LogP contribution is -2.30. The number of benzene rings is 1. The Morgan fingerprint density at radius 1 is 0.900 bits per heavy atom. The summed E-state index contributed by atoms with van der Waals surface area (Å²) >= 11 is 0. The van der Waals surface area contributed by atoms with E-state index < -0.39 is 41.0 Å². The molecule has 3 rings (SSSR count). The molecule has 2 aliphatic carbocycles. The molecule has 0 aliphatic heterocycles. The predicted octanol–water partition coefficient (Wildman–Crippen LogP) is 7.14. The summed E-state index contributed by atoms with van der Waals surface area (Å²) in [5.74, 6) is -1.06. The van der Waals surface area contributed by atoms with Crippen LogP contribution in [0.2, 0.25) is 0 Å². The number of amides is 1. The van der Waals surface area contributed by atoms with Crippen LogP contribution in [0.5, 0.6) is 0 Å². The molecule has 1 fully saturated rings. The molecule has 0 radical (unpaired) electrons. The van der Waals surface area contributed by atoms with Crippen molar-refractivity contribution in [3.05, 3.63) is 53.1 Å². The van der Waals surface area contributed by atoms with Crippen LogP contribution in [0.15, 0.2) is 42.0 Å². The van der Waals surface area contributed by atoms with E-state index >= 15 is 0 Å².